The zero-order valence-electron chi connectivity index (χ0n) is 9.61. The summed E-state index contributed by atoms with van der Waals surface area (Å²) in [7, 11) is 0. The van der Waals surface area contributed by atoms with Crippen molar-refractivity contribution in [2.45, 2.75) is 13.3 Å². The highest BCUT2D eigenvalue weighted by Crippen LogP contribution is 2.21. The molecule has 18 heavy (non-hydrogen) atoms. The van der Waals surface area contributed by atoms with Gasteiger partial charge >= 0.3 is 0 Å². The van der Waals surface area contributed by atoms with Crippen LogP contribution in [0.25, 0.3) is 0 Å². The third-order valence-electron chi connectivity index (χ3n) is 2.25. The zero-order chi connectivity index (χ0) is 13.1. The summed E-state index contributed by atoms with van der Waals surface area (Å²) in [5, 5.41) is 11.9. The van der Waals surface area contributed by atoms with Crippen molar-refractivity contribution in [3.8, 4) is 0 Å². The van der Waals surface area contributed by atoms with Gasteiger partial charge in [-0.15, -0.1) is 10.2 Å². The fraction of sp³-hybridized carbons (Fsp3) is 0.182. The number of nitrogens with zero attached hydrogens (tertiary/aromatic N) is 2. The van der Waals surface area contributed by atoms with E-state index in [2.05, 4.69) is 31.4 Å². The fourth-order valence-electron chi connectivity index (χ4n) is 1.30. The molecule has 1 aromatic heterocycles. The molecule has 0 radical (unpaired) electrons. The Bertz CT molecular complexity index is 584. The summed E-state index contributed by atoms with van der Waals surface area (Å²) in [6.07, 6.45) is 0.804. The summed E-state index contributed by atoms with van der Waals surface area (Å²) in [6.45, 7) is 1.99. The van der Waals surface area contributed by atoms with Crippen molar-refractivity contribution in [1.29, 1.82) is 0 Å². The topological polar surface area (TPSA) is 80.9 Å². The van der Waals surface area contributed by atoms with Gasteiger partial charge in [-0.05, 0) is 40.5 Å². The first kappa shape index (κ1) is 13.0. The van der Waals surface area contributed by atoms with Gasteiger partial charge in [0.15, 0.2) is 0 Å². The summed E-state index contributed by atoms with van der Waals surface area (Å²) in [5.74, 6) is -0.243. The predicted octanol–water partition coefficient (Wildman–Crippen LogP) is 2.70. The number of halogens is 1. The Balaban J connectivity index is 2.14. The average Bonchev–Trinajstić information content (AvgIpc) is 2.80. The first-order chi connectivity index (χ1) is 8.60. The molecule has 7 heteroatoms. The van der Waals surface area contributed by atoms with Crippen molar-refractivity contribution < 1.29 is 4.79 Å². The Kier molecular flexibility index (Phi) is 3.93. The van der Waals surface area contributed by atoms with Crippen LogP contribution in [0.5, 0.6) is 0 Å². The number of benzene rings is 1. The second kappa shape index (κ2) is 5.45. The third kappa shape index (κ3) is 2.85. The highest BCUT2D eigenvalue weighted by Gasteiger charge is 2.10. The van der Waals surface area contributed by atoms with E-state index < -0.39 is 0 Å². The zero-order valence-corrected chi connectivity index (χ0v) is 12.0. The molecule has 0 saturated heterocycles. The van der Waals surface area contributed by atoms with Crippen LogP contribution in [0.4, 0.5) is 10.8 Å². The molecule has 1 heterocycles. The maximum atomic E-state index is 11.9. The lowest BCUT2D eigenvalue weighted by Crippen LogP contribution is -2.12. The number of aryl methyl sites for hydroxylation is 1. The predicted molar refractivity (Wildman–Crippen MR) is 75.8 cm³/mol. The van der Waals surface area contributed by atoms with Crippen molar-refractivity contribution in [3.63, 3.8) is 0 Å². The minimum absolute atomic E-state index is 0.243. The lowest BCUT2D eigenvalue weighted by Gasteiger charge is -2.03. The van der Waals surface area contributed by atoms with E-state index in [0.717, 1.165) is 15.9 Å². The Morgan fingerprint density at radius 2 is 2.28 bits per heavy atom. The number of hydrogen-bond acceptors (Lipinski definition) is 5. The van der Waals surface area contributed by atoms with E-state index in [-0.39, 0.29) is 5.91 Å². The van der Waals surface area contributed by atoms with Gasteiger partial charge in [0.25, 0.3) is 5.91 Å². The number of carbonyl (C=O) groups is 1. The van der Waals surface area contributed by atoms with E-state index in [1.165, 1.54) is 11.3 Å². The van der Waals surface area contributed by atoms with Gasteiger partial charge in [0.2, 0.25) is 5.13 Å². The Hall–Kier alpha value is -1.47. The maximum Gasteiger partial charge on any atom is 0.257 e. The van der Waals surface area contributed by atoms with Crippen LogP contribution < -0.4 is 11.1 Å². The molecule has 2 rings (SSSR count). The number of carbonyl (C=O) groups excluding carboxylic acids is 1. The average molecular weight is 327 g/mol. The molecule has 2 aromatic rings. The van der Waals surface area contributed by atoms with Gasteiger partial charge in [0.05, 0.1) is 0 Å². The first-order valence-electron chi connectivity index (χ1n) is 5.29. The van der Waals surface area contributed by atoms with Crippen molar-refractivity contribution >= 4 is 44.0 Å². The summed E-state index contributed by atoms with van der Waals surface area (Å²) in [6, 6.07) is 5.04. The van der Waals surface area contributed by atoms with E-state index in [1.807, 2.05) is 6.92 Å². The van der Waals surface area contributed by atoms with Gasteiger partial charge in [-0.3, -0.25) is 10.1 Å². The first-order valence-corrected chi connectivity index (χ1v) is 6.90. The number of aromatic nitrogens is 2. The standard InChI is InChI=1S/C11H11BrN4OS/c1-2-9-15-16-11(18-9)14-10(17)6-3-4-7(12)8(13)5-6/h3-5H,2,13H2,1H3,(H,14,16,17). The van der Waals surface area contributed by atoms with Crippen LogP contribution in [0.15, 0.2) is 22.7 Å². The number of rotatable bonds is 3. The summed E-state index contributed by atoms with van der Waals surface area (Å²) < 4.78 is 0.767. The minimum atomic E-state index is -0.243. The number of nitrogens with one attached hydrogen (secondary N) is 1. The van der Waals surface area contributed by atoms with Gasteiger partial charge in [0, 0.05) is 15.7 Å². The third-order valence-corrected chi connectivity index (χ3v) is 3.95. The molecule has 0 aliphatic rings. The Morgan fingerprint density at radius 3 is 2.89 bits per heavy atom. The van der Waals surface area contributed by atoms with Crippen LogP contribution in [0, 0.1) is 0 Å². The van der Waals surface area contributed by atoms with Crippen LogP contribution in [-0.4, -0.2) is 16.1 Å². The molecular formula is C11H11BrN4OS. The summed E-state index contributed by atoms with van der Waals surface area (Å²) in [4.78, 5) is 11.9. The smallest absolute Gasteiger partial charge is 0.257 e. The van der Waals surface area contributed by atoms with Gasteiger partial charge in [-0.2, -0.15) is 0 Å². The second-order valence-electron chi connectivity index (χ2n) is 3.54. The largest absolute Gasteiger partial charge is 0.398 e. The molecule has 0 bridgehead atoms. The summed E-state index contributed by atoms with van der Waals surface area (Å²) in [5.41, 5.74) is 6.74. The minimum Gasteiger partial charge on any atom is -0.398 e. The Morgan fingerprint density at radius 1 is 1.50 bits per heavy atom. The molecule has 0 unspecified atom stereocenters. The van der Waals surface area contributed by atoms with E-state index in [9.17, 15) is 4.79 Å². The molecule has 1 amide bonds. The van der Waals surface area contributed by atoms with Gasteiger partial charge < -0.3 is 5.73 Å². The molecule has 0 fully saturated rings. The molecule has 0 aliphatic carbocycles. The van der Waals surface area contributed by atoms with E-state index in [0.29, 0.717) is 16.4 Å². The highest BCUT2D eigenvalue weighted by atomic mass is 79.9. The molecule has 0 aliphatic heterocycles. The van der Waals surface area contributed by atoms with Gasteiger partial charge in [-0.25, -0.2) is 0 Å². The highest BCUT2D eigenvalue weighted by molar-refractivity contribution is 9.10. The number of anilines is 2. The molecule has 0 saturated carbocycles. The summed E-state index contributed by atoms with van der Waals surface area (Å²) >= 11 is 4.65. The molecule has 1 aromatic carbocycles. The van der Waals surface area contributed by atoms with E-state index >= 15 is 0 Å². The fourth-order valence-corrected chi connectivity index (χ4v) is 2.22. The monoisotopic (exact) mass is 326 g/mol. The van der Waals surface area contributed by atoms with Crippen LogP contribution in [-0.2, 0) is 6.42 Å². The molecule has 3 N–H and O–H groups in total. The SMILES string of the molecule is CCc1nnc(NC(=O)c2ccc(Br)c(N)c2)s1. The maximum absolute atomic E-state index is 11.9. The number of amides is 1. The molecule has 0 atom stereocenters. The number of nitrogens with two attached hydrogens (primary N) is 1. The lowest BCUT2D eigenvalue weighted by molar-refractivity contribution is 0.102. The van der Waals surface area contributed by atoms with Gasteiger partial charge in [-0.1, -0.05) is 18.3 Å². The normalized spacial score (nSPS) is 10.3. The number of nitrogen functional groups attached to an aromatic ring is 1. The number of hydrogen-bond donors (Lipinski definition) is 2. The molecule has 5 nitrogen and oxygen atoms in total. The Labute approximate surface area is 117 Å². The molecular weight excluding hydrogens is 316 g/mol. The molecule has 0 spiro atoms. The van der Waals surface area contributed by atoms with Crippen molar-refractivity contribution in [2.75, 3.05) is 11.1 Å². The van der Waals surface area contributed by atoms with Gasteiger partial charge in [0.1, 0.15) is 5.01 Å². The van der Waals surface area contributed by atoms with E-state index in [4.69, 9.17) is 5.73 Å². The van der Waals surface area contributed by atoms with Crippen molar-refractivity contribution in [2.24, 2.45) is 0 Å². The lowest BCUT2D eigenvalue weighted by atomic mass is 10.2. The van der Waals surface area contributed by atoms with Crippen LogP contribution in [0.2, 0.25) is 0 Å². The molecule has 94 valence electrons. The quantitative estimate of drug-likeness (QED) is 0.850. The van der Waals surface area contributed by atoms with Crippen molar-refractivity contribution in [1.82, 2.24) is 10.2 Å². The van der Waals surface area contributed by atoms with Crippen molar-refractivity contribution in [3.05, 3.63) is 33.2 Å². The van der Waals surface area contributed by atoms with Crippen LogP contribution >= 0.6 is 27.3 Å². The van der Waals surface area contributed by atoms with Crippen LogP contribution in [0.1, 0.15) is 22.3 Å². The van der Waals surface area contributed by atoms with E-state index in [1.54, 1.807) is 18.2 Å². The second-order valence-corrected chi connectivity index (χ2v) is 5.46. The van der Waals surface area contributed by atoms with Crippen LogP contribution in [0.3, 0.4) is 0 Å².